The van der Waals surface area contributed by atoms with E-state index in [1.807, 2.05) is 6.26 Å². The second-order valence-corrected chi connectivity index (χ2v) is 5.28. The number of alkyl halides is 3. The van der Waals surface area contributed by atoms with E-state index in [1.54, 1.807) is 24.3 Å². The maximum absolute atomic E-state index is 12.4. The molecule has 1 heterocycles. The molecule has 2 aromatic rings. The molecule has 0 fully saturated rings. The van der Waals surface area contributed by atoms with E-state index in [2.05, 4.69) is 15.1 Å². The predicted octanol–water partition coefficient (Wildman–Crippen LogP) is 4.14. The molecule has 0 spiro atoms. The first-order valence-electron chi connectivity index (χ1n) is 6.22. The summed E-state index contributed by atoms with van der Waals surface area (Å²) in [5.41, 5.74) is 7.78. The van der Waals surface area contributed by atoms with E-state index >= 15 is 0 Å². The third-order valence-corrected chi connectivity index (χ3v) is 3.64. The van der Waals surface area contributed by atoms with Gasteiger partial charge in [0, 0.05) is 15.4 Å². The lowest BCUT2D eigenvalue weighted by Gasteiger charge is -2.11. The zero-order valence-electron chi connectivity index (χ0n) is 11.8. The van der Waals surface area contributed by atoms with E-state index in [0.29, 0.717) is 5.56 Å². The lowest BCUT2D eigenvalue weighted by atomic mass is 10.1. The summed E-state index contributed by atoms with van der Waals surface area (Å²) in [6.45, 7) is -1.55. The van der Waals surface area contributed by atoms with Gasteiger partial charge in [-0.2, -0.15) is 18.3 Å². The summed E-state index contributed by atoms with van der Waals surface area (Å²) in [5.74, 6) is 0. The second kappa shape index (κ2) is 6.76. The molecule has 0 bridgehead atoms. The monoisotopic (exact) mass is 341 g/mol. The molecule has 23 heavy (non-hydrogen) atoms. The molecule has 10 heteroatoms. The number of benzene rings is 1. The van der Waals surface area contributed by atoms with Gasteiger partial charge in [0.15, 0.2) is 0 Å². The maximum Gasteiger partial charge on any atom is 0.408 e. The Kier molecular flexibility index (Phi) is 4.97. The van der Waals surface area contributed by atoms with Gasteiger partial charge < -0.3 is 0 Å². The molecular formula is C13H10F3N5OS. The number of azide groups is 1. The van der Waals surface area contributed by atoms with Crippen molar-refractivity contribution in [1.82, 2.24) is 9.78 Å². The van der Waals surface area contributed by atoms with E-state index in [9.17, 15) is 18.0 Å². The minimum Gasteiger partial charge on any atom is -0.267 e. The van der Waals surface area contributed by atoms with Crippen molar-refractivity contribution in [3.05, 3.63) is 51.3 Å². The van der Waals surface area contributed by atoms with Gasteiger partial charge in [0.25, 0.3) is 5.56 Å². The van der Waals surface area contributed by atoms with Crippen molar-refractivity contribution in [1.29, 1.82) is 0 Å². The Morgan fingerprint density at radius 2 is 2.00 bits per heavy atom. The molecule has 0 aliphatic carbocycles. The van der Waals surface area contributed by atoms with Gasteiger partial charge in [0.2, 0.25) is 0 Å². The van der Waals surface area contributed by atoms with Crippen LogP contribution < -0.4 is 5.56 Å². The molecule has 0 aliphatic heterocycles. The zero-order chi connectivity index (χ0) is 17.0. The Labute approximate surface area is 132 Å². The van der Waals surface area contributed by atoms with Crippen molar-refractivity contribution in [3.8, 4) is 11.1 Å². The van der Waals surface area contributed by atoms with Gasteiger partial charge in [-0.1, -0.05) is 17.2 Å². The van der Waals surface area contributed by atoms with Gasteiger partial charge in [-0.3, -0.25) is 4.79 Å². The summed E-state index contributed by atoms with van der Waals surface area (Å²) in [5, 5.41) is 6.77. The number of thioether (sulfide) groups is 1. The molecule has 0 amide bonds. The summed E-state index contributed by atoms with van der Waals surface area (Å²) in [4.78, 5) is 15.6. The highest BCUT2D eigenvalue weighted by atomic mass is 32.2. The largest absolute Gasteiger partial charge is 0.408 e. The lowest BCUT2D eigenvalue weighted by molar-refractivity contribution is -0.143. The van der Waals surface area contributed by atoms with Crippen molar-refractivity contribution in [2.75, 3.05) is 6.26 Å². The first kappa shape index (κ1) is 16.9. The fourth-order valence-corrected chi connectivity index (χ4v) is 2.29. The first-order valence-corrected chi connectivity index (χ1v) is 7.44. The van der Waals surface area contributed by atoms with Crippen LogP contribution in [-0.4, -0.2) is 22.2 Å². The molecule has 2 rings (SSSR count). The molecule has 0 aliphatic rings. The van der Waals surface area contributed by atoms with Gasteiger partial charge in [0.05, 0.1) is 6.20 Å². The van der Waals surface area contributed by atoms with Crippen LogP contribution in [0.3, 0.4) is 0 Å². The third-order valence-electron chi connectivity index (χ3n) is 2.89. The quantitative estimate of drug-likeness (QED) is 0.363. The highest BCUT2D eigenvalue weighted by molar-refractivity contribution is 7.98. The van der Waals surface area contributed by atoms with Crippen molar-refractivity contribution < 1.29 is 13.2 Å². The Balaban J connectivity index is 2.58. The summed E-state index contributed by atoms with van der Waals surface area (Å²) in [6, 6.07) is 6.90. The molecule has 6 nitrogen and oxygen atoms in total. The van der Waals surface area contributed by atoms with Crippen molar-refractivity contribution >= 4 is 17.4 Å². The average Bonchev–Trinajstić information content (AvgIpc) is 2.50. The summed E-state index contributed by atoms with van der Waals surface area (Å²) in [7, 11) is 0. The van der Waals surface area contributed by atoms with Crippen molar-refractivity contribution in [2.24, 2.45) is 5.11 Å². The fraction of sp³-hybridized carbons (Fsp3) is 0.231. The summed E-state index contributed by atoms with van der Waals surface area (Å²) >= 11 is 1.51. The smallest absolute Gasteiger partial charge is 0.267 e. The maximum atomic E-state index is 12.4. The minimum absolute atomic E-state index is 0.180. The van der Waals surface area contributed by atoms with Crippen molar-refractivity contribution in [3.63, 3.8) is 0 Å². The lowest BCUT2D eigenvalue weighted by Crippen LogP contribution is -2.30. The van der Waals surface area contributed by atoms with E-state index < -0.39 is 24.0 Å². The number of hydrogen-bond acceptors (Lipinski definition) is 4. The minimum atomic E-state index is -4.61. The molecule has 1 aromatic carbocycles. The highest BCUT2D eigenvalue weighted by Gasteiger charge is 2.29. The number of aromatic nitrogens is 2. The SMILES string of the molecule is CSc1ccc(-c2cnn(CC(F)(F)F)c(=O)c2N=[N+]=[N-])cc1. The molecule has 0 radical (unpaired) electrons. The summed E-state index contributed by atoms with van der Waals surface area (Å²) in [6.07, 6.45) is -1.63. The Hall–Kier alpha value is -2.45. The van der Waals surface area contributed by atoms with E-state index in [0.717, 1.165) is 11.1 Å². The normalized spacial score (nSPS) is 11.1. The summed E-state index contributed by atoms with van der Waals surface area (Å²) < 4.78 is 37.5. The molecule has 0 N–H and O–H groups in total. The molecule has 0 saturated heterocycles. The Bertz CT molecular complexity index is 810. The van der Waals surface area contributed by atoms with Crippen LogP contribution in [0.15, 0.2) is 45.3 Å². The van der Waals surface area contributed by atoms with Crippen LogP contribution in [0.2, 0.25) is 0 Å². The topological polar surface area (TPSA) is 83.7 Å². The Morgan fingerprint density at radius 1 is 1.35 bits per heavy atom. The van der Waals surface area contributed by atoms with Crippen LogP contribution in [0.5, 0.6) is 0 Å². The molecule has 120 valence electrons. The van der Waals surface area contributed by atoms with Crippen LogP contribution in [0, 0.1) is 0 Å². The van der Waals surface area contributed by atoms with E-state index in [1.165, 1.54) is 11.8 Å². The standard InChI is InChI=1S/C13H10F3N5OS/c1-23-9-4-2-8(3-5-9)10-6-18-21(7-13(14,15)16)12(22)11(10)19-20-17/h2-6H,7H2,1H3. The van der Waals surface area contributed by atoms with Crippen LogP contribution >= 0.6 is 11.8 Å². The van der Waals surface area contributed by atoms with Crippen LogP contribution in [0.4, 0.5) is 18.9 Å². The first-order chi connectivity index (χ1) is 10.9. The number of rotatable bonds is 4. The molecule has 0 saturated carbocycles. The third kappa shape index (κ3) is 4.05. The van der Waals surface area contributed by atoms with Crippen LogP contribution in [-0.2, 0) is 6.54 Å². The van der Waals surface area contributed by atoms with Gasteiger partial charge in [-0.25, -0.2) is 4.68 Å². The molecule has 0 atom stereocenters. The van der Waals surface area contributed by atoms with Crippen LogP contribution in [0.25, 0.3) is 21.6 Å². The molecule has 0 unspecified atom stereocenters. The van der Waals surface area contributed by atoms with E-state index in [-0.39, 0.29) is 10.2 Å². The molecular weight excluding hydrogens is 331 g/mol. The van der Waals surface area contributed by atoms with Crippen LogP contribution in [0.1, 0.15) is 0 Å². The number of nitrogens with zero attached hydrogens (tertiary/aromatic N) is 5. The highest BCUT2D eigenvalue weighted by Crippen LogP contribution is 2.28. The predicted molar refractivity (Wildman–Crippen MR) is 80.6 cm³/mol. The molecule has 1 aromatic heterocycles. The number of hydrogen-bond donors (Lipinski definition) is 0. The van der Waals surface area contributed by atoms with Gasteiger partial charge in [0.1, 0.15) is 12.2 Å². The van der Waals surface area contributed by atoms with Gasteiger partial charge in [-0.05, 0) is 29.5 Å². The zero-order valence-corrected chi connectivity index (χ0v) is 12.6. The fourth-order valence-electron chi connectivity index (χ4n) is 1.88. The van der Waals surface area contributed by atoms with Crippen molar-refractivity contribution in [2.45, 2.75) is 17.6 Å². The number of halogens is 3. The average molecular weight is 341 g/mol. The Morgan fingerprint density at radius 3 is 2.52 bits per heavy atom. The van der Waals surface area contributed by atoms with Gasteiger partial charge >= 0.3 is 6.18 Å². The second-order valence-electron chi connectivity index (χ2n) is 4.40. The van der Waals surface area contributed by atoms with Gasteiger partial charge in [-0.15, -0.1) is 11.8 Å². The van der Waals surface area contributed by atoms with E-state index in [4.69, 9.17) is 5.53 Å².